The normalized spacial score (nSPS) is 11.8. The summed E-state index contributed by atoms with van der Waals surface area (Å²) in [5, 5.41) is 9.04. The third-order valence-corrected chi connectivity index (χ3v) is 6.18. The summed E-state index contributed by atoms with van der Waals surface area (Å²) in [6, 6.07) is 6.90. The van der Waals surface area contributed by atoms with E-state index in [2.05, 4.69) is 25.6 Å². The minimum absolute atomic E-state index is 0.126. The number of aromatic nitrogens is 1. The van der Waals surface area contributed by atoms with Crippen molar-refractivity contribution in [3.05, 3.63) is 44.3 Å². The molecular formula is C12H13BrN2O3S2. The van der Waals surface area contributed by atoms with Crippen molar-refractivity contribution >= 4 is 37.3 Å². The number of aliphatic hydroxyl groups is 1. The lowest BCUT2D eigenvalue weighted by molar-refractivity contribution is 0.285. The summed E-state index contributed by atoms with van der Waals surface area (Å²) in [5.41, 5.74) is 1.49. The molecule has 0 saturated carbocycles. The highest BCUT2D eigenvalue weighted by Gasteiger charge is 2.20. The van der Waals surface area contributed by atoms with Crippen molar-refractivity contribution in [2.45, 2.75) is 25.0 Å². The number of rotatable bonds is 5. The average Bonchev–Trinajstić information content (AvgIpc) is 2.79. The van der Waals surface area contributed by atoms with Gasteiger partial charge in [-0.25, -0.2) is 13.1 Å². The van der Waals surface area contributed by atoms with Crippen LogP contribution in [0.3, 0.4) is 0 Å². The van der Waals surface area contributed by atoms with Crippen LogP contribution in [0.1, 0.15) is 16.3 Å². The van der Waals surface area contributed by atoms with E-state index in [1.54, 1.807) is 6.07 Å². The van der Waals surface area contributed by atoms with Crippen molar-refractivity contribution in [2.75, 3.05) is 0 Å². The Morgan fingerprint density at radius 2 is 2.20 bits per heavy atom. The lowest BCUT2D eigenvalue weighted by Gasteiger charge is -2.06. The summed E-state index contributed by atoms with van der Waals surface area (Å²) in [7, 11) is -3.63. The number of nitrogens with zero attached hydrogens (tertiary/aromatic N) is 1. The molecule has 0 amide bonds. The van der Waals surface area contributed by atoms with Crippen LogP contribution in [0.4, 0.5) is 0 Å². The molecule has 8 heteroatoms. The van der Waals surface area contributed by atoms with Crippen LogP contribution < -0.4 is 4.72 Å². The molecule has 5 nitrogen and oxygen atoms in total. The average molecular weight is 377 g/mol. The van der Waals surface area contributed by atoms with Crippen LogP contribution >= 0.6 is 27.3 Å². The van der Waals surface area contributed by atoms with Crippen LogP contribution in [-0.4, -0.2) is 18.5 Å². The number of aryl methyl sites for hydroxylation is 1. The van der Waals surface area contributed by atoms with Crippen molar-refractivity contribution in [3.8, 4) is 0 Å². The van der Waals surface area contributed by atoms with E-state index in [-0.39, 0.29) is 18.0 Å². The van der Waals surface area contributed by atoms with Crippen molar-refractivity contribution in [1.82, 2.24) is 9.71 Å². The third kappa shape index (κ3) is 3.64. The van der Waals surface area contributed by atoms with Gasteiger partial charge >= 0.3 is 0 Å². The SMILES string of the molecule is Cc1cccc(CNS(=O)(=O)c2cc(CO)sc2Br)n1. The Morgan fingerprint density at radius 3 is 2.80 bits per heavy atom. The Labute approximate surface area is 129 Å². The summed E-state index contributed by atoms with van der Waals surface area (Å²) < 4.78 is 27.4. The van der Waals surface area contributed by atoms with E-state index in [1.807, 2.05) is 19.1 Å². The fraction of sp³-hybridized carbons (Fsp3) is 0.250. The summed E-state index contributed by atoms with van der Waals surface area (Å²) in [4.78, 5) is 4.96. The Balaban J connectivity index is 2.17. The predicted octanol–water partition coefficient (Wildman–Crippen LogP) is 2.18. The monoisotopic (exact) mass is 376 g/mol. The topological polar surface area (TPSA) is 79.3 Å². The quantitative estimate of drug-likeness (QED) is 0.837. The Morgan fingerprint density at radius 1 is 1.45 bits per heavy atom. The van der Waals surface area contributed by atoms with Gasteiger partial charge in [0.25, 0.3) is 0 Å². The van der Waals surface area contributed by atoms with E-state index in [4.69, 9.17) is 5.11 Å². The second-order valence-electron chi connectivity index (χ2n) is 4.10. The molecule has 0 saturated heterocycles. The molecule has 0 aromatic carbocycles. The molecule has 0 atom stereocenters. The van der Waals surface area contributed by atoms with Crippen molar-refractivity contribution in [2.24, 2.45) is 0 Å². The fourth-order valence-corrected chi connectivity index (χ4v) is 5.14. The molecule has 0 aliphatic carbocycles. The predicted molar refractivity (Wildman–Crippen MR) is 80.9 cm³/mol. The van der Waals surface area contributed by atoms with E-state index < -0.39 is 10.0 Å². The number of hydrogen-bond acceptors (Lipinski definition) is 5. The van der Waals surface area contributed by atoms with Crippen molar-refractivity contribution in [1.29, 1.82) is 0 Å². The van der Waals surface area contributed by atoms with Gasteiger partial charge in [0.1, 0.15) is 4.90 Å². The molecule has 2 aromatic rings. The Kier molecular flexibility index (Phi) is 4.92. The lowest BCUT2D eigenvalue weighted by atomic mass is 10.3. The highest BCUT2D eigenvalue weighted by atomic mass is 79.9. The lowest BCUT2D eigenvalue weighted by Crippen LogP contribution is -2.23. The number of nitrogens with one attached hydrogen (secondary N) is 1. The number of halogens is 1. The van der Waals surface area contributed by atoms with E-state index in [1.165, 1.54) is 17.4 Å². The zero-order valence-electron chi connectivity index (χ0n) is 10.6. The van der Waals surface area contributed by atoms with E-state index >= 15 is 0 Å². The zero-order valence-corrected chi connectivity index (χ0v) is 13.8. The molecule has 20 heavy (non-hydrogen) atoms. The van der Waals surface area contributed by atoms with E-state index in [0.29, 0.717) is 14.4 Å². The molecule has 2 heterocycles. The minimum Gasteiger partial charge on any atom is -0.391 e. The standard InChI is InChI=1S/C12H13BrN2O3S2/c1-8-3-2-4-9(15-8)6-14-20(17,18)11-5-10(7-16)19-12(11)13/h2-5,14,16H,6-7H2,1H3. The second kappa shape index (κ2) is 6.31. The number of pyridine rings is 1. The van der Waals surface area contributed by atoms with Gasteiger partial charge < -0.3 is 5.11 Å². The molecule has 2 rings (SSSR count). The molecule has 108 valence electrons. The molecule has 0 unspecified atom stereocenters. The number of thiophene rings is 1. The fourth-order valence-electron chi connectivity index (χ4n) is 1.60. The first-order chi connectivity index (χ1) is 9.42. The third-order valence-electron chi connectivity index (χ3n) is 2.54. The molecule has 2 N–H and O–H groups in total. The van der Waals surface area contributed by atoms with Gasteiger partial charge in [-0.05, 0) is 41.1 Å². The summed E-state index contributed by atoms with van der Waals surface area (Å²) in [6.07, 6.45) is 0. The summed E-state index contributed by atoms with van der Waals surface area (Å²) >= 11 is 4.40. The van der Waals surface area contributed by atoms with Gasteiger partial charge in [0.05, 0.1) is 22.6 Å². The van der Waals surface area contributed by atoms with Crippen LogP contribution in [0.2, 0.25) is 0 Å². The largest absolute Gasteiger partial charge is 0.391 e. The van der Waals surface area contributed by atoms with Gasteiger partial charge in [-0.1, -0.05) is 6.07 Å². The zero-order chi connectivity index (χ0) is 14.8. The highest BCUT2D eigenvalue weighted by Crippen LogP contribution is 2.31. The Hall–Kier alpha value is -0.800. The number of sulfonamides is 1. The summed E-state index contributed by atoms with van der Waals surface area (Å²) in [5.74, 6) is 0. The molecule has 0 spiro atoms. The maximum atomic E-state index is 12.2. The van der Waals surface area contributed by atoms with Gasteiger partial charge in [0.15, 0.2) is 0 Å². The highest BCUT2D eigenvalue weighted by molar-refractivity contribution is 9.11. The number of hydrogen-bond donors (Lipinski definition) is 2. The Bertz CT molecular complexity index is 713. The molecule has 0 radical (unpaired) electrons. The minimum atomic E-state index is -3.63. The molecule has 2 aromatic heterocycles. The van der Waals surface area contributed by atoms with Crippen LogP contribution in [0.15, 0.2) is 32.9 Å². The van der Waals surface area contributed by atoms with E-state index in [9.17, 15) is 8.42 Å². The van der Waals surface area contributed by atoms with Crippen molar-refractivity contribution < 1.29 is 13.5 Å². The van der Waals surface area contributed by atoms with Crippen LogP contribution in [-0.2, 0) is 23.2 Å². The van der Waals surface area contributed by atoms with Crippen LogP contribution in [0.25, 0.3) is 0 Å². The molecule has 0 aliphatic heterocycles. The van der Waals surface area contributed by atoms with Crippen molar-refractivity contribution in [3.63, 3.8) is 0 Å². The smallest absolute Gasteiger partial charge is 0.242 e. The molecule has 0 bridgehead atoms. The van der Waals surface area contributed by atoms with Gasteiger partial charge in [0.2, 0.25) is 10.0 Å². The first-order valence-corrected chi connectivity index (χ1v) is 8.83. The first-order valence-electron chi connectivity index (χ1n) is 5.73. The van der Waals surface area contributed by atoms with Gasteiger partial charge in [-0.2, -0.15) is 0 Å². The van der Waals surface area contributed by atoms with Crippen LogP contribution in [0, 0.1) is 6.92 Å². The van der Waals surface area contributed by atoms with Gasteiger partial charge in [-0.3, -0.25) is 4.98 Å². The van der Waals surface area contributed by atoms with Crippen LogP contribution in [0.5, 0.6) is 0 Å². The molecular weight excluding hydrogens is 364 g/mol. The molecule has 0 fully saturated rings. The second-order valence-corrected chi connectivity index (χ2v) is 8.29. The number of aliphatic hydroxyl groups excluding tert-OH is 1. The van der Waals surface area contributed by atoms with Gasteiger partial charge in [0, 0.05) is 10.6 Å². The summed E-state index contributed by atoms with van der Waals surface area (Å²) in [6.45, 7) is 1.79. The van der Waals surface area contributed by atoms with E-state index in [0.717, 1.165) is 5.69 Å². The maximum Gasteiger partial charge on any atom is 0.242 e. The first kappa shape index (κ1) is 15.6. The maximum absolute atomic E-state index is 12.2. The van der Waals surface area contributed by atoms with Gasteiger partial charge in [-0.15, -0.1) is 11.3 Å². The molecule has 0 aliphatic rings.